The molecular weight excluding hydrogens is 264 g/mol. The number of aliphatic hydroxyl groups is 1. The summed E-state index contributed by atoms with van der Waals surface area (Å²) < 4.78 is 25.5. The van der Waals surface area contributed by atoms with Gasteiger partial charge in [0.2, 0.25) is 10.0 Å². The van der Waals surface area contributed by atoms with Crippen LogP contribution in [0.4, 0.5) is 5.69 Å². The standard InChI is InChI=1S/C13H20N2O3S/c1-3-8-13(16)9-15(10-13)11-4-6-12(7-5-11)19(17,18)14-2/h4-7,14,16H,3,8-10H2,1-2H3. The highest BCUT2D eigenvalue weighted by molar-refractivity contribution is 7.89. The fourth-order valence-electron chi connectivity index (χ4n) is 2.42. The molecule has 2 rings (SSSR count). The maximum Gasteiger partial charge on any atom is 0.240 e. The van der Waals surface area contributed by atoms with Crippen LogP contribution < -0.4 is 9.62 Å². The lowest BCUT2D eigenvalue weighted by Crippen LogP contribution is -2.61. The minimum atomic E-state index is -3.38. The summed E-state index contributed by atoms with van der Waals surface area (Å²) in [6.45, 7) is 3.27. The zero-order valence-corrected chi connectivity index (χ0v) is 12.1. The van der Waals surface area contributed by atoms with Gasteiger partial charge in [-0.05, 0) is 37.7 Å². The van der Waals surface area contributed by atoms with Gasteiger partial charge >= 0.3 is 0 Å². The second-order valence-corrected chi connectivity index (χ2v) is 6.92. The van der Waals surface area contributed by atoms with Crippen molar-refractivity contribution in [3.05, 3.63) is 24.3 Å². The quantitative estimate of drug-likeness (QED) is 0.844. The first-order chi connectivity index (χ1) is 8.90. The van der Waals surface area contributed by atoms with Crippen LogP contribution in [0.3, 0.4) is 0 Å². The second-order valence-electron chi connectivity index (χ2n) is 5.03. The average molecular weight is 284 g/mol. The SMILES string of the molecule is CCCC1(O)CN(c2ccc(S(=O)(=O)NC)cc2)C1. The summed E-state index contributed by atoms with van der Waals surface area (Å²) >= 11 is 0. The van der Waals surface area contributed by atoms with Crippen LogP contribution in [0.25, 0.3) is 0 Å². The van der Waals surface area contributed by atoms with Crippen LogP contribution in [0.1, 0.15) is 19.8 Å². The summed E-state index contributed by atoms with van der Waals surface area (Å²) in [4.78, 5) is 2.30. The smallest absolute Gasteiger partial charge is 0.240 e. The van der Waals surface area contributed by atoms with Gasteiger partial charge in [0.05, 0.1) is 10.5 Å². The maximum atomic E-state index is 11.6. The largest absolute Gasteiger partial charge is 0.386 e. The van der Waals surface area contributed by atoms with E-state index < -0.39 is 15.6 Å². The molecule has 1 aliphatic rings. The Morgan fingerprint density at radius 2 is 1.89 bits per heavy atom. The molecule has 0 aromatic heterocycles. The molecule has 6 heteroatoms. The molecule has 2 N–H and O–H groups in total. The van der Waals surface area contributed by atoms with Crippen molar-refractivity contribution in [2.75, 3.05) is 25.0 Å². The number of sulfonamides is 1. The van der Waals surface area contributed by atoms with E-state index in [0.29, 0.717) is 13.1 Å². The Labute approximate surface area is 114 Å². The van der Waals surface area contributed by atoms with E-state index >= 15 is 0 Å². The third-order valence-corrected chi connectivity index (χ3v) is 4.90. The predicted octanol–water partition coefficient (Wildman–Crippen LogP) is 0.946. The molecule has 106 valence electrons. The Morgan fingerprint density at radius 3 is 2.37 bits per heavy atom. The molecule has 19 heavy (non-hydrogen) atoms. The van der Waals surface area contributed by atoms with Crippen molar-refractivity contribution in [1.29, 1.82) is 0 Å². The van der Waals surface area contributed by atoms with Gasteiger partial charge in [0, 0.05) is 18.8 Å². The van der Waals surface area contributed by atoms with E-state index in [-0.39, 0.29) is 4.90 Å². The van der Waals surface area contributed by atoms with Crippen LogP contribution in [0.5, 0.6) is 0 Å². The molecule has 0 aliphatic carbocycles. The summed E-state index contributed by atoms with van der Waals surface area (Å²) in [6.07, 6.45) is 1.76. The third kappa shape index (κ3) is 2.91. The lowest BCUT2D eigenvalue weighted by Gasteiger charge is -2.48. The van der Waals surface area contributed by atoms with E-state index in [1.54, 1.807) is 24.3 Å². The lowest BCUT2D eigenvalue weighted by atomic mass is 9.89. The lowest BCUT2D eigenvalue weighted by molar-refractivity contribution is 0.00339. The summed E-state index contributed by atoms with van der Waals surface area (Å²) in [5.41, 5.74) is 0.362. The van der Waals surface area contributed by atoms with Gasteiger partial charge in [-0.2, -0.15) is 0 Å². The van der Waals surface area contributed by atoms with Crippen LogP contribution in [0.15, 0.2) is 29.2 Å². The molecule has 1 aliphatic heterocycles. The van der Waals surface area contributed by atoms with Gasteiger partial charge in [-0.3, -0.25) is 0 Å². The van der Waals surface area contributed by atoms with Crippen molar-refractivity contribution >= 4 is 15.7 Å². The van der Waals surface area contributed by atoms with E-state index in [1.807, 2.05) is 4.90 Å². The summed E-state index contributed by atoms with van der Waals surface area (Å²) in [5, 5.41) is 10.1. The van der Waals surface area contributed by atoms with Gasteiger partial charge in [0.15, 0.2) is 0 Å². The number of nitrogens with one attached hydrogen (secondary N) is 1. The number of β-amino-alcohol motifs (C(OH)–C–C–N with tert-alkyl or cyclic N) is 1. The molecule has 1 aromatic rings. The van der Waals surface area contributed by atoms with Crippen LogP contribution in [-0.2, 0) is 10.0 Å². The van der Waals surface area contributed by atoms with Gasteiger partial charge < -0.3 is 10.0 Å². The van der Waals surface area contributed by atoms with Crippen LogP contribution >= 0.6 is 0 Å². The van der Waals surface area contributed by atoms with Crippen molar-refractivity contribution in [2.24, 2.45) is 0 Å². The van der Waals surface area contributed by atoms with Gasteiger partial charge in [-0.1, -0.05) is 13.3 Å². The highest BCUT2D eigenvalue weighted by atomic mass is 32.2. The summed E-state index contributed by atoms with van der Waals surface area (Å²) in [5.74, 6) is 0. The molecule has 0 bridgehead atoms. The van der Waals surface area contributed by atoms with Crippen LogP contribution in [0.2, 0.25) is 0 Å². The molecule has 0 spiro atoms. The van der Waals surface area contributed by atoms with Crippen molar-refractivity contribution in [3.8, 4) is 0 Å². The predicted molar refractivity (Wildman–Crippen MR) is 74.8 cm³/mol. The molecular formula is C13H20N2O3S. The summed E-state index contributed by atoms with van der Waals surface area (Å²) in [6, 6.07) is 6.71. The zero-order chi connectivity index (χ0) is 14.1. The van der Waals surface area contributed by atoms with Crippen molar-refractivity contribution in [3.63, 3.8) is 0 Å². The summed E-state index contributed by atoms with van der Waals surface area (Å²) in [7, 11) is -1.99. The highest BCUT2D eigenvalue weighted by Crippen LogP contribution is 2.31. The number of anilines is 1. The van der Waals surface area contributed by atoms with Gasteiger partial charge in [0.25, 0.3) is 0 Å². The zero-order valence-electron chi connectivity index (χ0n) is 11.3. The molecule has 0 saturated carbocycles. The van der Waals surface area contributed by atoms with Crippen molar-refractivity contribution in [1.82, 2.24) is 4.72 Å². The Kier molecular flexibility index (Phi) is 3.85. The molecule has 1 saturated heterocycles. The fourth-order valence-corrected chi connectivity index (χ4v) is 3.15. The Hall–Kier alpha value is -1.11. The van der Waals surface area contributed by atoms with Crippen LogP contribution in [-0.4, -0.2) is 39.3 Å². The van der Waals surface area contributed by atoms with Gasteiger partial charge in [-0.25, -0.2) is 13.1 Å². The number of hydrogen-bond donors (Lipinski definition) is 2. The average Bonchev–Trinajstić information content (AvgIpc) is 2.36. The molecule has 0 amide bonds. The fraction of sp³-hybridized carbons (Fsp3) is 0.538. The second kappa shape index (κ2) is 5.11. The van der Waals surface area contributed by atoms with Crippen molar-refractivity contribution < 1.29 is 13.5 Å². The Balaban J connectivity index is 2.06. The van der Waals surface area contributed by atoms with Crippen LogP contribution in [0, 0.1) is 0 Å². The number of nitrogens with zero attached hydrogens (tertiary/aromatic N) is 1. The third-order valence-electron chi connectivity index (χ3n) is 3.47. The number of benzene rings is 1. The molecule has 0 atom stereocenters. The Morgan fingerprint density at radius 1 is 1.32 bits per heavy atom. The van der Waals surface area contributed by atoms with Gasteiger partial charge in [0.1, 0.15) is 0 Å². The molecule has 0 unspecified atom stereocenters. The molecule has 1 heterocycles. The molecule has 1 fully saturated rings. The van der Waals surface area contributed by atoms with E-state index in [1.165, 1.54) is 7.05 Å². The minimum absolute atomic E-state index is 0.253. The van der Waals surface area contributed by atoms with Crippen molar-refractivity contribution in [2.45, 2.75) is 30.3 Å². The first kappa shape index (κ1) is 14.3. The first-order valence-electron chi connectivity index (χ1n) is 6.41. The normalized spacial score (nSPS) is 18.2. The van der Waals surface area contributed by atoms with E-state index in [0.717, 1.165) is 18.5 Å². The van der Waals surface area contributed by atoms with E-state index in [2.05, 4.69) is 11.6 Å². The highest BCUT2D eigenvalue weighted by Gasteiger charge is 2.40. The van der Waals surface area contributed by atoms with E-state index in [4.69, 9.17) is 0 Å². The first-order valence-corrected chi connectivity index (χ1v) is 7.89. The van der Waals surface area contributed by atoms with Gasteiger partial charge in [-0.15, -0.1) is 0 Å². The Bertz CT molecular complexity index is 534. The maximum absolute atomic E-state index is 11.6. The monoisotopic (exact) mass is 284 g/mol. The topological polar surface area (TPSA) is 69.6 Å². The minimum Gasteiger partial charge on any atom is -0.386 e. The molecule has 5 nitrogen and oxygen atoms in total. The molecule has 1 aromatic carbocycles. The van der Waals surface area contributed by atoms with E-state index in [9.17, 15) is 13.5 Å². The number of rotatable bonds is 5. The number of hydrogen-bond acceptors (Lipinski definition) is 4. The molecule has 0 radical (unpaired) electrons.